The smallest absolute Gasteiger partial charge is 0.119 e. The van der Waals surface area contributed by atoms with Gasteiger partial charge in [0.1, 0.15) is 5.75 Å². The fourth-order valence-electron chi connectivity index (χ4n) is 1.05. The Morgan fingerprint density at radius 1 is 1.54 bits per heavy atom. The number of hydrogen-bond acceptors (Lipinski definition) is 2. The summed E-state index contributed by atoms with van der Waals surface area (Å²) in [5.41, 5.74) is 1.10. The van der Waals surface area contributed by atoms with Crippen LogP contribution in [0, 0.1) is 0 Å². The van der Waals surface area contributed by atoms with Crippen LogP contribution in [0.1, 0.15) is 5.56 Å². The molecule has 0 amide bonds. The van der Waals surface area contributed by atoms with Gasteiger partial charge in [-0.1, -0.05) is 12.1 Å². The lowest BCUT2D eigenvalue weighted by molar-refractivity contribution is 0.414. The molecule has 0 aromatic heterocycles. The third-order valence-electron chi connectivity index (χ3n) is 1.73. The molecule has 0 aliphatic rings. The van der Waals surface area contributed by atoms with Crippen LogP contribution in [0.2, 0.25) is 0 Å². The number of rotatable bonds is 4. The second kappa shape index (κ2) is 4.99. The summed E-state index contributed by atoms with van der Waals surface area (Å²) in [6.07, 6.45) is 0.723. The van der Waals surface area contributed by atoms with E-state index in [2.05, 4.69) is 0 Å². The highest BCUT2D eigenvalue weighted by Crippen LogP contribution is 2.12. The summed E-state index contributed by atoms with van der Waals surface area (Å²) in [7, 11) is 0.410. The standard InChI is InChI=1S/C9H13NO2S/c1-12-9-4-2-3-8(7-9)5-6-13(10)11/h2-4,7H,5-6,10H2,1H3/t13-/m1/s1. The summed E-state index contributed by atoms with van der Waals surface area (Å²) >= 11 is 0. The van der Waals surface area contributed by atoms with E-state index in [4.69, 9.17) is 9.88 Å². The lowest BCUT2D eigenvalue weighted by Gasteiger charge is -2.02. The van der Waals surface area contributed by atoms with Gasteiger partial charge in [-0.05, 0) is 24.1 Å². The van der Waals surface area contributed by atoms with E-state index in [9.17, 15) is 4.21 Å². The molecule has 0 unspecified atom stereocenters. The first-order valence-electron chi connectivity index (χ1n) is 3.98. The molecule has 0 saturated carbocycles. The zero-order valence-corrected chi connectivity index (χ0v) is 8.34. The highest BCUT2D eigenvalue weighted by Gasteiger charge is 1.97. The van der Waals surface area contributed by atoms with E-state index in [1.54, 1.807) is 7.11 Å². The van der Waals surface area contributed by atoms with Gasteiger partial charge in [0.05, 0.1) is 18.1 Å². The first-order valence-corrected chi connectivity index (χ1v) is 5.36. The van der Waals surface area contributed by atoms with Crippen molar-refractivity contribution >= 4 is 11.0 Å². The highest BCUT2D eigenvalue weighted by atomic mass is 32.2. The summed E-state index contributed by atoms with van der Waals surface area (Å²) in [4.78, 5) is 0. The van der Waals surface area contributed by atoms with Crippen molar-refractivity contribution < 1.29 is 8.95 Å². The Bertz CT molecular complexity index is 301. The van der Waals surface area contributed by atoms with Gasteiger partial charge in [0, 0.05) is 5.75 Å². The van der Waals surface area contributed by atoms with Gasteiger partial charge in [-0.2, -0.15) is 0 Å². The van der Waals surface area contributed by atoms with E-state index in [0.29, 0.717) is 5.75 Å². The van der Waals surface area contributed by atoms with E-state index < -0.39 is 11.0 Å². The number of nitrogens with two attached hydrogens (primary N) is 1. The van der Waals surface area contributed by atoms with Crippen LogP contribution < -0.4 is 9.88 Å². The quantitative estimate of drug-likeness (QED) is 0.782. The van der Waals surface area contributed by atoms with Crippen LogP contribution in [0.25, 0.3) is 0 Å². The van der Waals surface area contributed by atoms with Crippen molar-refractivity contribution in [3.63, 3.8) is 0 Å². The molecule has 1 atom stereocenters. The lowest BCUT2D eigenvalue weighted by Crippen LogP contribution is -2.09. The molecule has 0 spiro atoms. The maximum absolute atomic E-state index is 10.6. The van der Waals surface area contributed by atoms with Crippen LogP contribution in [0.3, 0.4) is 0 Å². The van der Waals surface area contributed by atoms with Crippen LogP contribution in [0.15, 0.2) is 24.3 Å². The summed E-state index contributed by atoms with van der Waals surface area (Å²) in [5, 5.41) is 5.15. The molecule has 2 N–H and O–H groups in total. The second-order valence-corrected chi connectivity index (χ2v) is 3.86. The molecule has 0 fully saturated rings. The summed E-state index contributed by atoms with van der Waals surface area (Å²) in [6, 6.07) is 7.68. The highest BCUT2D eigenvalue weighted by molar-refractivity contribution is 7.82. The normalized spacial score (nSPS) is 12.5. The molecule has 0 aliphatic heterocycles. The van der Waals surface area contributed by atoms with Gasteiger partial charge in [0.25, 0.3) is 0 Å². The van der Waals surface area contributed by atoms with E-state index in [0.717, 1.165) is 17.7 Å². The molecule has 0 radical (unpaired) electrons. The van der Waals surface area contributed by atoms with Gasteiger partial charge in [-0.3, -0.25) is 5.14 Å². The Hall–Kier alpha value is -0.870. The minimum Gasteiger partial charge on any atom is -0.497 e. The predicted octanol–water partition coefficient (Wildman–Crippen LogP) is 0.860. The number of hydrogen-bond donors (Lipinski definition) is 1. The van der Waals surface area contributed by atoms with Crippen molar-refractivity contribution in [1.82, 2.24) is 0 Å². The van der Waals surface area contributed by atoms with Crippen LogP contribution in [-0.4, -0.2) is 17.1 Å². The number of aryl methyl sites for hydroxylation is 1. The fourth-order valence-corrected chi connectivity index (χ4v) is 1.48. The maximum atomic E-state index is 10.6. The third kappa shape index (κ3) is 3.57. The van der Waals surface area contributed by atoms with Gasteiger partial charge in [-0.25, -0.2) is 4.21 Å². The molecule has 4 heteroatoms. The maximum Gasteiger partial charge on any atom is 0.119 e. The van der Waals surface area contributed by atoms with Crippen molar-refractivity contribution in [1.29, 1.82) is 0 Å². The van der Waals surface area contributed by atoms with Crippen molar-refractivity contribution in [3.8, 4) is 5.75 Å². The molecule has 0 bridgehead atoms. The second-order valence-electron chi connectivity index (χ2n) is 2.69. The Morgan fingerprint density at radius 3 is 2.92 bits per heavy atom. The van der Waals surface area contributed by atoms with Gasteiger partial charge in [0.15, 0.2) is 0 Å². The van der Waals surface area contributed by atoms with Gasteiger partial charge < -0.3 is 4.74 Å². The van der Waals surface area contributed by atoms with Gasteiger partial charge >= 0.3 is 0 Å². The Balaban J connectivity index is 2.61. The van der Waals surface area contributed by atoms with E-state index in [1.165, 1.54) is 0 Å². The average Bonchev–Trinajstić information content (AvgIpc) is 2.15. The number of methoxy groups -OCH3 is 1. The third-order valence-corrected chi connectivity index (χ3v) is 2.33. The summed E-state index contributed by atoms with van der Waals surface area (Å²) in [6.45, 7) is 0. The van der Waals surface area contributed by atoms with Crippen LogP contribution in [0.4, 0.5) is 0 Å². The van der Waals surface area contributed by atoms with Crippen molar-refractivity contribution in [2.75, 3.05) is 12.9 Å². The Morgan fingerprint density at radius 2 is 2.31 bits per heavy atom. The van der Waals surface area contributed by atoms with Crippen molar-refractivity contribution in [2.45, 2.75) is 6.42 Å². The van der Waals surface area contributed by atoms with Gasteiger partial charge in [-0.15, -0.1) is 0 Å². The molecule has 1 aromatic rings. The topological polar surface area (TPSA) is 52.3 Å². The van der Waals surface area contributed by atoms with E-state index in [1.807, 2.05) is 24.3 Å². The average molecular weight is 199 g/mol. The van der Waals surface area contributed by atoms with Crippen molar-refractivity contribution in [3.05, 3.63) is 29.8 Å². The predicted molar refractivity (Wildman–Crippen MR) is 53.9 cm³/mol. The molecule has 1 rings (SSSR count). The van der Waals surface area contributed by atoms with E-state index >= 15 is 0 Å². The largest absolute Gasteiger partial charge is 0.497 e. The van der Waals surface area contributed by atoms with Crippen LogP contribution in [-0.2, 0) is 17.4 Å². The van der Waals surface area contributed by atoms with Gasteiger partial charge in [0.2, 0.25) is 0 Å². The molecule has 0 saturated heterocycles. The number of benzene rings is 1. The molecular weight excluding hydrogens is 186 g/mol. The summed E-state index contributed by atoms with van der Waals surface area (Å²) < 4.78 is 15.7. The lowest BCUT2D eigenvalue weighted by atomic mass is 10.2. The zero-order chi connectivity index (χ0) is 9.68. The van der Waals surface area contributed by atoms with Crippen LogP contribution >= 0.6 is 0 Å². The Kier molecular flexibility index (Phi) is 3.92. The monoisotopic (exact) mass is 199 g/mol. The summed E-state index contributed by atoms with van der Waals surface area (Å²) in [5.74, 6) is 1.31. The SMILES string of the molecule is COc1cccc(CC[S@](N)=O)c1. The van der Waals surface area contributed by atoms with E-state index in [-0.39, 0.29) is 0 Å². The fraction of sp³-hybridized carbons (Fsp3) is 0.333. The first kappa shape index (κ1) is 10.2. The minimum atomic E-state index is -1.22. The minimum absolute atomic E-state index is 0.493. The molecule has 1 aromatic carbocycles. The van der Waals surface area contributed by atoms with Crippen LogP contribution in [0.5, 0.6) is 5.75 Å². The first-order chi connectivity index (χ1) is 6.22. The molecule has 13 heavy (non-hydrogen) atoms. The zero-order valence-electron chi connectivity index (χ0n) is 7.53. The molecule has 0 heterocycles. The molecule has 3 nitrogen and oxygen atoms in total. The Labute approximate surface area is 80.5 Å². The van der Waals surface area contributed by atoms with Crippen molar-refractivity contribution in [2.24, 2.45) is 5.14 Å². The molecule has 72 valence electrons. The molecular formula is C9H13NO2S. The number of ether oxygens (including phenoxy) is 1. The molecule has 0 aliphatic carbocycles.